The lowest BCUT2D eigenvalue weighted by molar-refractivity contribution is 0.660. The Morgan fingerprint density at radius 3 is 1.75 bits per heavy atom. The zero-order chi connectivity index (χ0) is 58.9. The van der Waals surface area contributed by atoms with E-state index in [0.29, 0.717) is 0 Å². The molecule has 0 bridgehead atoms. The Balaban J connectivity index is 1.39. The van der Waals surface area contributed by atoms with Crippen LogP contribution in [0.2, 0.25) is 0 Å². The minimum Gasteiger partial charge on any atom is -0.456 e. The highest BCUT2D eigenvalue weighted by Gasteiger charge is 2.35. The van der Waals surface area contributed by atoms with Crippen LogP contribution < -0.4 is 0 Å². The van der Waals surface area contributed by atoms with Gasteiger partial charge in [0.15, 0.2) is 0 Å². The summed E-state index contributed by atoms with van der Waals surface area (Å²) in [6, 6.07) is -24.1. The molecule has 0 unspecified atom stereocenters. The molecule has 1 nitrogen and oxygen atoms in total. The first-order valence-corrected chi connectivity index (χ1v) is 15.9. The van der Waals surface area contributed by atoms with Crippen LogP contribution in [0.1, 0.15) is 63.4 Å². The molecule has 244 valence electrons. The molecule has 11 rings (SSSR count). The van der Waals surface area contributed by atoms with Crippen molar-refractivity contribution < 1.29 is 42.8 Å². The molecule has 0 spiro atoms. The zero-order valence-corrected chi connectivity index (χ0v) is 26.9. The first kappa shape index (κ1) is 13.0. The molecule has 9 aromatic carbocycles. The summed E-state index contributed by atoms with van der Waals surface area (Å²) in [4.78, 5) is 0. The van der Waals surface area contributed by atoms with Crippen molar-refractivity contribution in [3.8, 4) is 44.5 Å². The highest BCUT2D eigenvalue weighted by atomic mass is 16.3. The Hall–Kier alpha value is -6.44. The molecule has 0 N–H and O–H groups in total. The van der Waals surface area contributed by atoms with Crippen LogP contribution >= 0.6 is 0 Å². The largest absolute Gasteiger partial charge is 0.456 e. The summed E-state index contributed by atoms with van der Waals surface area (Å²) < 4.78 is 263. The molecule has 0 amide bonds. The molecule has 0 fully saturated rings. The third-order valence-electron chi connectivity index (χ3n) is 9.45. The molecule has 0 saturated heterocycles. The van der Waals surface area contributed by atoms with Gasteiger partial charge in [-0.15, -0.1) is 0 Å². The SMILES string of the molecule is [2H]c1c([2H])c(-c2c([2H])c([2H])c3c(c2[2H])C(C)(C)c2c([2H])c([2H])c([2H])c([2H])c2-3)c([2H])c(-c2c3c([2H])c([2H])c([2H])c([2H])c3c(-c3c([2H])c([2H])c([2H])c4oc5c([2H])c6c([2H])c([2H])c([2H])c([2H])c6c([2H])c5c34)c3c([2H])c([2H])c([2H])c([2H])c23)c1[2H]. The van der Waals surface area contributed by atoms with Crippen molar-refractivity contribution in [2.24, 2.45) is 0 Å². The molecule has 0 atom stereocenters. The van der Waals surface area contributed by atoms with Gasteiger partial charge < -0.3 is 4.42 Å². The lowest BCUT2D eigenvalue weighted by Crippen LogP contribution is -2.14. The Morgan fingerprint density at radius 1 is 0.404 bits per heavy atom. The first-order valence-electron chi connectivity index (χ1n) is 29.9. The van der Waals surface area contributed by atoms with Gasteiger partial charge in [-0.2, -0.15) is 0 Å². The summed E-state index contributed by atoms with van der Waals surface area (Å²) in [5, 5.41) is -5.03. The van der Waals surface area contributed by atoms with E-state index < -0.39 is 262 Å². The average molecular weight is 691 g/mol. The normalized spacial score (nSPS) is 20.9. The summed E-state index contributed by atoms with van der Waals surface area (Å²) in [6.45, 7) is 3.01. The van der Waals surface area contributed by atoms with Gasteiger partial charge in [0, 0.05) is 16.2 Å². The van der Waals surface area contributed by atoms with Crippen molar-refractivity contribution in [2.45, 2.75) is 19.3 Å². The Bertz CT molecular complexity index is 4630. The van der Waals surface area contributed by atoms with E-state index in [1.54, 1.807) is 0 Å². The minimum absolute atomic E-state index is 0.0225. The number of furan rings is 1. The van der Waals surface area contributed by atoms with Crippen molar-refractivity contribution in [3.05, 3.63) is 180 Å². The maximum absolute atomic E-state index is 10.0. The third-order valence-corrected chi connectivity index (χ3v) is 9.45. The van der Waals surface area contributed by atoms with Gasteiger partial charge in [-0.3, -0.25) is 0 Å². The van der Waals surface area contributed by atoms with E-state index >= 15 is 0 Å². The first-order chi connectivity index (χ1) is 37.2. The van der Waals surface area contributed by atoms with Crippen LogP contribution in [0.25, 0.3) is 98.8 Å². The lowest BCUT2D eigenvalue weighted by Gasteiger charge is -2.22. The molecule has 0 aliphatic heterocycles. The van der Waals surface area contributed by atoms with Gasteiger partial charge in [0.25, 0.3) is 0 Å². The monoisotopic (exact) mass is 690 g/mol. The number of hydrogen-bond acceptors (Lipinski definition) is 1. The third kappa shape index (κ3) is 4.11. The van der Waals surface area contributed by atoms with Gasteiger partial charge in [-0.25, -0.2) is 0 Å². The van der Waals surface area contributed by atoms with E-state index in [-0.39, 0.29) is 22.3 Å². The number of fused-ring (bicyclic) bond motifs is 9. The number of rotatable bonds is 3. The van der Waals surface area contributed by atoms with Gasteiger partial charge >= 0.3 is 0 Å². The van der Waals surface area contributed by atoms with Crippen LogP contribution in [0.3, 0.4) is 0 Å². The smallest absolute Gasteiger partial charge is 0.136 e. The summed E-state index contributed by atoms with van der Waals surface area (Å²) in [6.07, 6.45) is 0. The topological polar surface area (TPSA) is 13.1 Å². The molecule has 52 heavy (non-hydrogen) atoms. The van der Waals surface area contributed by atoms with E-state index in [2.05, 4.69) is 0 Å². The zero-order valence-electron chi connectivity index (χ0n) is 54.9. The minimum atomic E-state index is -1.53. The molecular formula is C51H34O. The van der Waals surface area contributed by atoms with E-state index in [9.17, 15) is 19.2 Å². The Morgan fingerprint density at radius 2 is 0.981 bits per heavy atom. The van der Waals surface area contributed by atoms with Gasteiger partial charge in [0.2, 0.25) is 0 Å². The molecule has 10 aromatic rings. The van der Waals surface area contributed by atoms with Crippen LogP contribution in [-0.2, 0) is 5.41 Å². The standard InChI is InChI=1S/C51H34O/c1-51(2)44-23-10-9-17-36(44)37-26-25-34(29-45(37)51)31-15-11-16-35(27-31)48-38-18-5-7-20-40(38)49(41-21-8-6-19-39(41)48)42-22-12-24-46-50(42)43-28-32-13-3-4-14-33(32)30-47(43)52-46/h3-30H,1-2H3/i3D,4D,5D,6D,7D,8D,9D,10D,11D,12D,13D,14D,15D,16D,17D,18D,19D,20D,21D,22D,23D,24D,25D,26D,27D,28D,29D,30D. The molecule has 1 aliphatic rings. The lowest BCUT2D eigenvalue weighted by atomic mass is 9.81. The van der Waals surface area contributed by atoms with Gasteiger partial charge in [-0.05, 0) is 118 Å². The summed E-state index contributed by atoms with van der Waals surface area (Å²) in [5.74, 6) is 0. The molecular weight excluding hydrogens is 629 g/mol. The second-order valence-corrected chi connectivity index (χ2v) is 12.6. The predicted octanol–water partition coefficient (Wildman–Crippen LogP) is 14.4. The second kappa shape index (κ2) is 10.8. The maximum atomic E-state index is 10.0. The van der Waals surface area contributed by atoms with E-state index in [0.717, 1.165) is 0 Å². The van der Waals surface area contributed by atoms with Crippen molar-refractivity contribution in [3.63, 3.8) is 0 Å². The summed E-state index contributed by atoms with van der Waals surface area (Å²) in [5.41, 5.74) is -7.76. The highest BCUT2D eigenvalue weighted by molar-refractivity contribution is 6.26. The van der Waals surface area contributed by atoms with Gasteiger partial charge in [-0.1, -0.05) is 153 Å². The molecule has 1 aromatic heterocycles. The molecule has 1 heteroatoms. The van der Waals surface area contributed by atoms with Crippen LogP contribution in [0.5, 0.6) is 0 Å². The van der Waals surface area contributed by atoms with E-state index in [1.807, 2.05) is 0 Å². The molecule has 1 heterocycles. The quantitative estimate of drug-likeness (QED) is 0.168. The van der Waals surface area contributed by atoms with Crippen molar-refractivity contribution in [2.75, 3.05) is 0 Å². The van der Waals surface area contributed by atoms with Crippen LogP contribution in [0.4, 0.5) is 0 Å². The molecule has 1 aliphatic carbocycles. The fourth-order valence-corrected chi connectivity index (χ4v) is 7.10. The van der Waals surface area contributed by atoms with Crippen LogP contribution in [-0.4, -0.2) is 0 Å². The van der Waals surface area contributed by atoms with Gasteiger partial charge in [0.05, 0.1) is 38.4 Å². The fourth-order valence-electron chi connectivity index (χ4n) is 7.10. The van der Waals surface area contributed by atoms with Crippen molar-refractivity contribution in [1.29, 1.82) is 0 Å². The van der Waals surface area contributed by atoms with Gasteiger partial charge in [0.1, 0.15) is 11.2 Å². The summed E-state index contributed by atoms with van der Waals surface area (Å²) in [7, 11) is 0. The van der Waals surface area contributed by atoms with Crippen LogP contribution in [0, 0.1) is 0 Å². The number of benzene rings is 9. The number of hydrogen-bond donors (Lipinski definition) is 0. The van der Waals surface area contributed by atoms with Crippen molar-refractivity contribution in [1.82, 2.24) is 0 Å². The Labute approximate surface area is 341 Å². The van der Waals surface area contributed by atoms with Crippen LogP contribution in [0.15, 0.2) is 174 Å². The van der Waals surface area contributed by atoms with E-state index in [1.165, 1.54) is 13.8 Å². The molecule has 0 radical (unpaired) electrons. The Kier molecular flexibility index (Phi) is 2.69. The van der Waals surface area contributed by atoms with Crippen molar-refractivity contribution >= 4 is 54.3 Å². The second-order valence-electron chi connectivity index (χ2n) is 12.6. The predicted molar refractivity (Wildman–Crippen MR) is 220 cm³/mol. The maximum Gasteiger partial charge on any atom is 0.136 e. The molecule has 0 saturated carbocycles. The highest BCUT2D eigenvalue weighted by Crippen LogP contribution is 2.51. The average Bonchev–Trinajstić information content (AvgIpc) is 3.94. The fraction of sp³-hybridized carbons (Fsp3) is 0.0588. The van der Waals surface area contributed by atoms with E-state index in [4.69, 9.17) is 23.6 Å². The summed E-state index contributed by atoms with van der Waals surface area (Å²) >= 11 is 0.